The van der Waals surface area contributed by atoms with Crippen LogP contribution in [0.1, 0.15) is 54.4 Å². The average Bonchev–Trinajstić information content (AvgIpc) is 3.88. The highest BCUT2D eigenvalue weighted by molar-refractivity contribution is 8.08. The molecule has 10 nitrogen and oxygen atoms in total. The molecule has 2 aliphatic heterocycles. The molecule has 2 aromatic heterocycles. The van der Waals surface area contributed by atoms with Crippen molar-refractivity contribution in [2.24, 2.45) is 9.98 Å². The Morgan fingerprint density at radius 3 is 1.42 bits per heavy atom. The Hall–Kier alpha value is -5.48. The molecule has 0 bridgehead atoms. The molecule has 0 N–H and O–H groups in total. The van der Waals surface area contributed by atoms with Gasteiger partial charge in [-0.3, -0.25) is 0 Å². The molecular weight excluding hydrogens is 709 g/mol. The summed E-state index contributed by atoms with van der Waals surface area (Å²) in [7, 11) is -8.26. The van der Waals surface area contributed by atoms with Gasteiger partial charge in [-0.2, -0.15) is 21.0 Å². The monoisotopic (exact) mass is 728 g/mol. The van der Waals surface area contributed by atoms with Crippen molar-refractivity contribution in [3.05, 3.63) is 94.1 Å². The van der Waals surface area contributed by atoms with E-state index < -0.39 is 25.1 Å². The van der Waals surface area contributed by atoms with Gasteiger partial charge in [0.15, 0.2) is 10.1 Å². The van der Waals surface area contributed by atoms with Crippen LogP contribution in [0.4, 0.5) is 10.0 Å². The fourth-order valence-corrected chi connectivity index (χ4v) is 13.3. The Morgan fingerprint density at radius 1 is 0.620 bits per heavy atom. The summed E-state index contributed by atoms with van der Waals surface area (Å²) in [5.74, 6) is 0. The first-order valence-corrected chi connectivity index (χ1v) is 20.0. The van der Waals surface area contributed by atoms with Crippen LogP contribution in [0, 0.1) is 45.3 Å². The number of hydrogen-bond acceptors (Lipinski definition) is 12. The molecule has 242 valence electrons. The van der Waals surface area contributed by atoms with E-state index in [2.05, 4.69) is 9.98 Å². The number of allylic oxidation sites excluding steroid dienone is 2. The first-order chi connectivity index (χ1) is 24.1. The third-order valence-corrected chi connectivity index (χ3v) is 15.3. The minimum Gasteiger partial charge on any atom is -0.225 e. The predicted molar refractivity (Wildman–Crippen MR) is 189 cm³/mol. The summed E-state index contributed by atoms with van der Waals surface area (Å²) in [6, 6.07) is 23.6. The maximum atomic E-state index is 13.7. The Kier molecular flexibility index (Phi) is 7.17. The predicted octanol–water partition coefficient (Wildman–Crippen LogP) is 7.68. The fourth-order valence-electron chi connectivity index (χ4n) is 7.47. The number of rotatable bonds is 2. The molecule has 2 aliphatic carbocycles. The van der Waals surface area contributed by atoms with Crippen LogP contribution in [0.25, 0.3) is 20.9 Å². The maximum absolute atomic E-state index is 13.7. The molecule has 0 atom stereocenters. The molecule has 4 aliphatic rings. The van der Waals surface area contributed by atoms with Crippen LogP contribution in [-0.2, 0) is 25.1 Å². The SMILES string of the molecule is N#CC(C#N)=C1C(=Nc2cc3c(s2)-c2sc(N=C4C(=C(C#N)C#N)c5ccccc5S4(=O)=O)cc2C32CCCCC2)S(=O)(=O)c2ccccc21. The molecule has 0 radical (unpaired) electrons. The van der Waals surface area contributed by atoms with Crippen molar-refractivity contribution >= 4 is 73.6 Å². The summed E-state index contributed by atoms with van der Waals surface area (Å²) in [6.45, 7) is 0. The first-order valence-electron chi connectivity index (χ1n) is 15.4. The molecule has 0 saturated heterocycles. The van der Waals surface area contributed by atoms with Crippen molar-refractivity contribution in [2.75, 3.05) is 0 Å². The summed E-state index contributed by atoms with van der Waals surface area (Å²) in [4.78, 5) is 11.0. The Morgan fingerprint density at radius 2 is 1.02 bits per heavy atom. The molecule has 1 fully saturated rings. The van der Waals surface area contributed by atoms with Crippen molar-refractivity contribution in [3.63, 3.8) is 0 Å². The lowest BCUT2D eigenvalue weighted by atomic mass is 9.68. The quantitative estimate of drug-likeness (QED) is 0.188. The van der Waals surface area contributed by atoms with E-state index >= 15 is 0 Å². The molecule has 0 unspecified atom stereocenters. The molecule has 1 spiro atoms. The highest BCUT2D eigenvalue weighted by atomic mass is 32.2. The zero-order valence-corrected chi connectivity index (χ0v) is 29.0. The zero-order valence-electron chi connectivity index (χ0n) is 25.8. The second-order valence-electron chi connectivity index (χ2n) is 12.1. The van der Waals surface area contributed by atoms with Gasteiger partial charge in [0.2, 0.25) is 19.7 Å². The highest BCUT2D eigenvalue weighted by Crippen LogP contribution is 2.63. The van der Waals surface area contributed by atoms with E-state index in [0.29, 0.717) is 10.0 Å². The number of hydrogen-bond donors (Lipinski definition) is 0. The summed E-state index contributed by atoms with van der Waals surface area (Å²) >= 11 is 2.59. The molecule has 0 amide bonds. The molecule has 8 rings (SSSR count). The van der Waals surface area contributed by atoms with Gasteiger partial charge in [0.25, 0.3) is 0 Å². The van der Waals surface area contributed by atoms with E-state index in [-0.39, 0.29) is 53.3 Å². The molecule has 4 heterocycles. The van der Waals surface area contributed by atoms with Crippen LogP contribution < -0.4 is 0 Å². The van der Waals surface area contributed by atoms with Crippen LogP contribution >= 0.6 is 22.7 Å². The van der Waals surface area contributed by atoms with Gasteiger partial charge in [-0.05, 0) is 48.2 Å². The number of nitrogens with zero attached hydrogens (tertiary/aromatic N) is 6. The molecular formula is C36H20N6O4S4. The Balaban J connectivity index is 1.31. The molecule has 1 saturated carbocycles. The molecule has 2 aromatic carbocycles. The fraction of sp³-hybridized carbons (Fsp3) is 0.167. The van der Waals surface area contributed by atoms with Crippen molar-refractivity contribution in [2.45, 2.75) is 47.3 Å². The number of aliphatic imine (C=N–C) groups is 2. The highest BCUT2D eigenvalue weighted by Gasteiger charge is 2.48. The second kappa shape index (κ2) is 11.3. The number of sulfone groups is 2. The maximum Gasteiger partial charge on any atom is 0.225 e. The summed E-state index contributed by atoms with van der Waals surface area (Å²) in [6.07, 6.45) is 4.59. The minimum absolute atomic E-state index is 0.0118. The largest absolute Gasteiger partial charge is 0.225 e. The Bertz CT molecular complexity index is 2550. The third-order valence-electron chi connectivity index (χ3n) is 9.58. The van der Waals surface area contributed by atoms with Crippen molar-refractivity contribution in [3.8, 4) is 34.0 Å². The lowest BCUT2D eigenvalue weighted by Gasteiger charge is -2.34. The lowest BCUT2D eigenvalue weighted by Crippen LogP contribution is -2.27. The number of nitriles is 4. The van der Waals surface area contributed by atoms with Gasteiger partial charge in [-0.15, -0.1) is 22.7 Å². The number of thiophene rings is 2. The Labute approximate surface area is 295 Å². The van der Waals surface area contributed by atoms with E-state index in [9.17, 15) is 37.9 Å². The van der Waals surface area contributed by atoms with E-state index in [1.165, 1.54) is 34.8 Å². The smallest absolute Gasteiger partial charge is 0.225 e. The topological polar surface area (TPSA) is 188 Å². The first kappa shape index (κ1) is 31.8. The second-order valence-corrected chi connectivity index (χ2v) is 17.8. The van der Waals surface area contributed by atoms with Gasteiger partial charge in [0.05, 0.1) is 19.5 Å². The van der Waals surface area contributed by atoms with Crippen LogP contribution in [0.15, 0.2) is 91.6 Å². The van der Waals surface area contributed by atoms with Gasteiger partial charge in [-0.1, -0.05) is 55.7 Å². The van der Waals surface area contributed by atoms with Crippen LogP contribution in [0.3, 0.4) is 0 Å². The number of benzene rings is 2. The molecule has 50 heavy (non-hydrogen) atoms. The summed E-state index contributed by atoms with van der Waals surface area (Å²) in [5, 5.41) is 39.1. The lowest BCUT2D eigenvalue weighted by molar-refractivity contribution is 0.353. The van der Waals surface area contributed by atoms with Crippen molar-refractivity contribution in [1.82, 2.24) is 0 Å². The summed E-state index contributed by atoms with van der Waals surface area (Å²) in [5.41, 5.74) is 1.40. The number of fused-ring (bicyclic) bond motifs is 7. The van der Waals surface area contributed by atoms with E-state index in [0.717, 1.165) is 53.0 Å². The standard InChI is InChI=1S/C36H20N6O4S4/c37-16-20(17-38)30-22-8-2-4-10-26(22)49(43,44)34(30)41-28-14-24-32(47-28)33-25(36(24)12-6-1-7-13-36)15-29(48-33)42-35-31(21(18-39)19-40)23-9-3-5-11-27(23)50(35,45)46/h2-5,8-11,14-15H,1,6-7,12-13H2. The van der Waals surface area contributed by atoms with E-state index in [1.807, 2.05) is 36.4 Å². The molecule has 14 heteroatoms. The van der Waals surface area contributed by atoms with Gasteiger partial charge >= 0.3 is 0 Å². The van der Waals surface area contributed by atoms with E-state index in [4.69, 9.17) is 0 Å². The van der Waals surface area contributed by atoms with Gasteiger partial charge in [0, 0.05) is 27.7 Å². The van der Waals surface area contributed by atoms with Crippen molar-refractivity contribution in [1.29, 1.82) is 21.0 Å². The normalized spacial score (nSPS) is 19.9. The van der Waals surface area contributed by atoms with Crippen molar-refractivity contribution < 1.29 is 16.8 Å². The van der Waals surface area contributed by atoms with Gasteiger partial charge in [-0.25, -0.2) is 26.8 Å². The van der Waals surface area contributed by atoms with Gasteiger partial charge in [0.1, 0.15) is 45.4 Å². The third kappa shape index (κ3) is 4.30. The van der Waals surface area contributed by atoms with Crippen LogP contribution in [0.5, 0.6) is 0 Å². The zero-order chi connectivity index (χ0) is 35.0. The van der Waals surface area contributed by atoms with Crippen LogP contribution in [-0.4, -0.2) is 26.9 Å². The molecule has 4 aromatic rings. The minimum atomic E-state index is -4.13. The average molecular weight is 729 g/mol. The van der Waals surface area contributed by atoms with E-state index in [1.54, 1.807) is 36.4 Å². The van der Waals surface area contributed by atoms with Gasteiger partial charge < -0.3 is 0 Å². The summed E-state index contributed by atoms with van der Waals surface area (Å²) < 4.78 is 55.0. The van der Waals surface area contributed by atoms with Crippen LogP contribution in [0.2, 0.25) is 0 Å².